The third-order valence-corrected chi connectivity index (χ3v) is 6.03. The predicted octanol–water partition coefficient (Wildman–Crippen LogP) is 5.71. The van der Waals surface area contributed by atoms with E-state index in [1.807, 2.05) is 83.5 Å². The van der Waals surface area contributed by atoms with E-state index in [9.17, 15) is 9.90 Å². The van der Waals surface area contributed by atoms with Crippen LogP contribution in [-0.2, 0) is 11.2 Å². The first kappa shape index (κ1) is 22.3. The monoisotopic (exact) mass is 468 g/mol. The normalized spacial score (nSPS) is 11.9. The van der Waals surface area contributed by atoms with Gasteiger partial charge in [-0.3, -0.25) is 4.79 Å². The molecule has 5 rings (SSSR count). The quantitative estimate of drug-likeness (QED) is 0.314. The molecule has 7 heteroatoms. The second kappa shape index (κ2) is 9.38. The Morgan fingerprint density at radius 2 is 1.63 bits per heavy atom. The maximum Gasteiger partial charge on any atom is 0.314 e. The number of carbonyl (C=O) groups is 1. The fraction of sp³-hybridized carbons (Fsp3) is 0.143. The molecular formula is C28H24N2O5. The number of hydrogen-bond acceptors (Lipinski definition) is 5. The van der Waals surface area contributed by atoms with Crippen LogP contribution < -0.4 is 9.47 Å². The Kier molecular flexibility index (Phi) is 5.97. The van der Waals surface area contributed by atoms with E-state index in [2.05, 4.69) is 0 Å². The molecule has 1 atom stereocenters. The molecule has 0 saturated heterocycles. The third kappa shape index (κ3) is 4.36. The lowest BCUT2D eigenvalue weighted by Gasteiger charge is -2.10. The largest absolute Gasteiger partial charge is 0.497 e. The Bertz CT molecular complexity index is 1400. The Balaban J connectivity index is 1.57. The maximum absolute atomic E-state index is 12.3. The molecule has 1 N–H and O–H groups in total. The summed E-state index contributed by atoms with van der Waals surface area (Å²) in [6.45, 7) is 0. The summed E-state index contributed by atoms with van der Waals surface area (Å²) in [6.07, 6.45) is 1.78. The fourth-order valence-electron chi connectivity index (χ4n) is 4.20. The number of aliphatic carboxylic acids is 1. The van der Waals surface area contributed by atoms with Crippen LogP contribution in [-0.4, -0.2) is 35.1 Å². The first-order chi connectivity index (χ1) is 17.1. The number of rotatable bonds is 8. The van der Waals surface area contributed by atoms with Crippen LogP contribution in [0.5, 0.6) is 11.5 Å². The van der Waals surface area contributed by atoms with Crippen molar-refractivity contribution in [2.45, 2.75) is 12.3 Å². The third-order valence-electron chi connectivity index (χ3n) is 6.03. The van der Waals surface area contributed by atoms with Gasteiger partial charge >= 0.3 is 5.97 Å². The highest BCUT2D eigenvalue weighted by atomic mass is 16.5. The minimum absolute atomic E-state index is 0.180. The zero-order chi connectivity index (χ0) is 24.4. The van der Waals surface area contributed by atoms with E-state index in [0.717, 1.165) is 39.2 Å². The lowest BCUT2D eigenvalue weighted by molar-refractivity contribution is -0.139. The van der Waals surface area contributed by atoms with Crippen LogP contribution in [0.1, 0.15) is 17.4 Å². The number of carboxylic acids is 1. The fourth-order valence-corrected chi connectivity index (χ4v) is 4.20. The number of benzene rings is 3. The average Bonchev–Trinajstić information content (AvgIpc) is 3.52. The average molecular weight is 469 g/mol. The van der Waals surface area contributed by atoms with E-state index in [0.29, 0.717) is 11.5 Å². The molecule has 7 nitrogen and oxygen atoms in total. The van der Waals surface area contributed by atoms with Gasteiger partial charge in [-0.2, -0.15) is 5.10 Å². The van der Waals surface area contributed by atoms with Crippen LogP contribution in [0, 0.1) is 0 Å². The van der Waals surface area contributed by atoms with E-state index in [-0.39, 0.29) is 6.42 Å². The molecule has 0 radical (unpaired) electrons. The second-order valence-electron chi connectivity index (χ2n) is 8.14. The molecule has 1 unspecified atom stereocenters. The van der Waals surface area contributed by atoms with Gasteiger partial charge in [0.2, 0.25) is 0 Å². The molecule has 0 saturated carbocycles. The van der Waals surface area contributed by atoms with Gasteiger partial charge in [-0.1, -0.05) is 24.3 Å². The van der Waals surface area contributed by atoms with Crippen molar-refractivity contribution in [2.24, 2.45) is 0 Å². The van der Waals surface area contributed by atoms with Crippen molar-refractivity contribution in [1.82, 2.24) is 9.78 Å². The summed E-state index contributed by atoms with van der Waals surface area (Å²) in [4.78, 5) is 12.3. The molecule has 35 heavy (non-hydrogen) atoms. The standard InChI is InChI=1S/C28H24N2O5/c1-33-22-11-7-18(8-12-22)26-16-20(29-30(26)21-9-13-23(34-2)14-10-21)15-25(28(31)32)27-24-6-4-3-5-19(24)17-35-27/h3-14,16-17,25H,15H2,1-2H3,(H,31,32). The van der Waals surface area contributed by atoms with Crippen LogP contribution in [0.15, 0.2) is 89.5 Å². The lowest BCUT2D eigenvalue weighted by atomic mass is 9.97. The van der Waals surface area contributed by atoms with Gasteiger partial charge in [0.15, 0.2) is 0 Å². The number of hydrogen-bond donors (Lipinski definition) is 1. The smallest absolute Gasteiger partial charge is 0.314 e. The Morgan fingerprint density at radius 3 is 2.29 bits per heavy atom. The van der Waals surface area contributed by atoms with Gasteiger partial charge < -0.3 is 19.0 Å². The molecule has 0 aliphatic rings. The summed E-state index contributed by atoms with van der Waals surface area (Å²) in [7, 11) is 3.24. The van der Waals surface area contributed by atoms with Gasteiger partial charge in [0.25, 0.3) is 0 Å². The molecule has 3 aromatic carbocycles. The number of furan rings is 1. The molecule has 0 bridgehead atoms. The Labute approximate surface area is 202 Å². The molecule has 0 spiro atoms. The topological polar surface area (TPSA) is 86.7 Å². The SMILES string of the molecule is COc1ccc(-c2cc(CC(C(=O)O)c3occ4ccccc34)nn2-c2ccc(OC)cc2)cc1. The van der Waals surface area contributed by atoms with E-state index in [4.69, 9.17) is 19.0 Å². The minimum atomic E-state index is -0.963. The summed E-state index contributed by atoms with van der Waals surface area (Å²) < 4.78 is 18.1. The van der Waals surface area contributed by atoms with Crippen molar-refractivity contribution in [3.63, 3.8) is 0 Å². The summed E-state index contributed by atoms with van der Waals surface area (Å²) in [5.74, 6) is 0.0777. The van der Waals surface area contributed by atoms with Crippen LogP contribution in [0.25, 0.3) is 27.7 Å². The van der Waals surface area contributed by atoms with Crippen molar-refractivity contribution in [2.75, 3.05) is 14.2 Å². The maximum atomic E-state index is 12.3. The summed E-state index contributed by atoms with van der Waals surface area (Å²) in [6, 6.07) is 24.7. The molecule has 2 heterocycles. The molecule has 176 valence electrons. The van der Waals surface area contributed by atoms with Gasteiger partial charge in [-0.25, -0.2) is 4.68 Å². The zero-order valence-corrected chi connectivity index (χ0v) is 19.3. The molecule has 2 aromatic heterocycles. The van der Waals surface area contributed by atoms with Crippen LogP contribution >= 0.6 is 0 Å². The van der Waals surface area contributed by atoms with Crippen molar-refractivity contribution in [3.8, 4) is 28.4 Å². The second-order valence-corrected chi connectivity index (χ2v) is 8.14. The Hall–Kier alpha value is -4.52. The van der Waals surface area contributed by atoms with Crippen LogP contribution in [0.3, 0.4) is 0 Å². The number of methoxy groups -OCH3 is 2. The van der Waals surface area contributed by atoms with Gasteiger partial charge in [0.1, 0.15) is 23.2 Å². The van der Waals surface area contributed by atoms with Crippen molar-refractivity contribution < 1.29 is 23.8 Å². The van der Waals surface area contributed by atoms with E-state index in [1.165, 1.54) is 0 Å². The number of fused-ring (bicyclic) bond motifs is 1. The summed E-state index contributed by atoms with van der Waals surface area (Å²) >= 11 is 0. The van der Waals surface area contributed by atoms with Gasteiger partial charge in [0, 0.05) is 22.8 Å². The number of carboxylic acid groups (broad SMARTS) is 1. The highest BCUT2D eigenvalue weighted by Crippen LogP contribution is 2.32. The first-order valence-corrected chi connectivity index (χ1v) is 11.1. The highest BCUT2D eigenvalue weighted by molar-refractivity contribution is 5.89. The van der Waals surface area contributed by atoms with E-state index < -0.39 is 11.9 Å². The molecule has 0 aliphatic carbocycles. The van der Waals surface area contributed by atoms with Crippen molar-refractivity contribution in [3.05, 3.63) is 96.6 Å². The van der Waals surface area contributed by atoms with Gasteiger partial charge in [-0.15, -0.1) is 0 Å². The molecule has 5 aromatic rings. The summed E-state index contributed by atoms with van der Waals surface area (Å²) in [5.41, 5.74) is 3.23. The highest BCUT2D eigenvalue weighted by Gasteiger charge is 2.27. The predicted molar refractivity (Wildman–Crippen MR) is 132 cm³/mol. The minimum Gasteiger partial charge on any atom is -0.497 e. The van der Waals surface area contributed by atoms with E-state index in [1.54, 1.807) is 20.5 Å². The van der Waals surface area contributed by atoms with Crippen molar-refractivity contribution >= 4 is 16.7 Å². The number of ether oxygens (including phenoxy) is 2. The van der Waals surface area contributed by atoms with Crippen LogP contribution in [0.4, 0.5) is 0 Å². The molecule has 0 fully saturated rings. The lowest BCUT2D eigenvalue weighted by Crippen LogP contribution is -2.14. The first-order valence-electron chi connectivity index (χ1n) is 11.1. The zero-order valence-electron chi connectivity index (χ0n) is 19.3. The van der Waals surface area contributed by atoms with Crippen molar-refractivity contribution in [1.29, 1.82) is 0 Å². The van der Waals surface area contributed by atoms with E-state index >= 15 is 0 Å². The number of aromatic nitrogens is 2. The van der Waals surface area contributed by atoms with Gasteiger partial charge in [0.05, 0.1) is 37.6 Å². The molecular weight excluding hydrogens is 444 g/mol. The van der Waals surface area contributed by atoms with Crippen LogP contribution in [0.2, 0.25) is 0 Å². The molecule has 0 aliphatic heterocycles. The van der Waals surface area contributed by atoms with Gasteiger partial charge in [-0.05, 0) is 54.6 Å². The summed E-state index contributed by atoms with van der Waals surface area (Å²) in [5, 5.41) is 16.5. The Morgan fingerprint density at radius 1 is 0.971 bits per heavy atom. The molecule has 0 amide bonds. The number of nitrogens with zero attached hydrogens (tertiary/aromatic N) is 2.